The maximum atomic E-state index is 11.9. The highest BCUT2D eigenvalue weighted by molar-refractivity contribution is 6.33. The molecule has 1 atom stereocenters. The number of carbonyl (C=O) groups is 1. The molecule has 0 aliphatic carbocycles. The number of para-hydroxylation sites is 1. The fourth-order valence-electron chi connectivity index (χ4n) is 1.72. The van der Waals surface area contributed by atoms with Crippen LogP contribution in [0.5, 0.6) is 0 Å². The molecule has 1 aromatic heterocycles. The molecule has 2 aromatic rings. The zero-order valence-electron chi connectivity index (χ0n) is 12.1. The Morgan fingerprint density at radius 3 is 2.67 bits per heavy atom. The molecule has 0 aliphatic heterocycles. The van der Waals surface area contributed by atoms with Gasteiger partial charge in [-0.3, -0.25) is 4.79 Å². The molecule has 1 aromatic carbocycles. The van der Waals surface area contributed by atoms with Crippen molar-refractivity contribution in [2.24, 2.45) is 0 Å². The molecule has 110 valence electrons. The van der Waals surface area contributed by atoms with Crippen LogP contribution in [0.25, 0.3) is 0 Å². The molecule has 0 fully saturated rings. The Bertz CT molecular complexity index is 613. The molecule has 0 spiro atoms. The number of hydrogen-bond acceptors (Lipinski definition) is 3. The first-order chi connectivity index (χ1) is 10.1. The third kappa shape index (κ3) is 4.20. The van der Waals surface area contributed by atoms with Gasteiger partial charge in [-0.05, 0) is 37.6 Å². The zero-order chi connectivity index (χ0) is 15.2. The molecule has 0 bridgehead atoms. The predicted molar refractivity (Wildman–Crippen MR) is 86.2 cm³/mol. The van der Waals surface area contributed by atoms with Gasteiger partial charge in [0.25, 0.3) is 5.91 Å². The molecule has 2 N–H and O–H groups in total. The second-order valence-electron chi connectivity index (χ2n) is 4.82. The second-order valence-corrected chi connectivity index (χ2v) is 5.23. The predicted octanol–water partition coefficient (Wildman–Crippen LogP) is 4.01. The molecule has 0 saturated carbocycles. The minimum Gasteiger partial charge on any atom is -0.353 e. The molecule has 5 heteroatoms. The van der Waals surface area contributed by atoms with Gasteiger partial charge in [0, 0.05) is 6.04 Å². The SMILES string of the molecule is CCC(C)NC(=O)c1ccc(Nc2ccccc2Cl)cn1. The number of benzene rings is 1. The van der Waals surface area contributed by atoms with E-state index in [-0.39, 0.29) is 11.9 Å². The molecule has 4 nitrogen and oxygen atoms in total. The van der Waals surface area contributed by atoms with Gasteiger partial charge in [0.1, 0.15) is 5.69 Å². The quantitative estimate of drug-likeness (QED) is 0.877. The van der Waals surface area contributed by atoms with Crippen LogP contribution >= 0.6 is 11.6 Å². The van der Waals surface area contributed by atoms with Crippen molar-refractivity contribution in [3.63, 3.8) is 0 Å². The van der Waals surface area contributed by atoms with Crippen molar-refractivity contribution in [2.45, 2.75) is 26.3 Å². The van der Waals surface area contributed by atoms with E-state index in [9.17, 15) is 4.79 Å². The number of carbonyl (C=O) groups excluding carboxylic acids is 1. The molecule has 1 amide bonds. The van der Waals surface area contributed by atoms with Gasteiger partial charge in [-0.25, -0.2) is 4.98 Å². The Labute approximate surface area is 129 Å². The first-order valence-corrected chi connectivity index (χ1v) is 7.26. The molecular weight excluding hydrogens is 286 g/mol. The standard InChI is InChI=1S/C16H18ClN3O/c1-3-11(2)19-16(21)15-9-8-12(10-18-15)20-14-7-5-4-6-13(14)17/h4-11,20H,3H2,1-2H3,(H,19,21). The molecule has 0 aliphatic rings. The lowest BCUT2D eigenvalue weighted by Gasteiger charge is -2.11. The maximum absolute atomic E-state index is 11.9. The van der Waals surface area contributed by atoms with Gasteiger partial charge in [0.2, 0.25) is 0 Å². The van der Waals surface area contributed by atoms with Crippen molar-refractivity contribution < 1.29 is 4.79 Å². The van der Waals surface area contributed by atoms with E-state index in [0.717, 1.165) is 17.8 Å². The number of rotatable bonds is 5. The average molecular weight is 304 g/mol. The summed E-state index contributed by atoms with van der Waals surface area (Å²) in [5, 5.41) is 6.68. The number of nitrogens with zero attached hydrogens (tertiary/aromatic N) is 1. The highest BCUT2D eigenvalue weighted by atomic mass is 35.5. The lowest BCUT2D eigenvalue weighted by atomic mass is 10.2. The average Bonchev–Trinajstić information content (AvgIpc) is 2.50. The van der Waals surface area contributed by atoms with E-state index in [2.05, 4.69) is 15.6 Å². The van der Waals surface area contributed by atoms with Crippen LogP contribution in [0.1, 0.15) is 30.8 Å². The Kier molecular flexibility index (Phi) is 5.17. The van der Waals surface area contributed by atoms with Crippen LogP contribution in [-0.2, 0) is 0 Å². The monoisotopic (exact) mass is 303 g/mol. The van der Waals surface area contributed by atoms with Crippen LogP contribution in [0, 0.1) is 0 Å². The smallest absolute Gasteiger partial charge is 0.270 e. The topological polar surface area (TPSA) is 54.0 Å². The van der Waals surface area contributed by atoms with Crippen molar-refractivity contribution in [3.8, 4) is 0 Å². The van der Waals surface area contributed by atoms with E-state index in [1.165, 1.54) is 0 Å². The summed E-state index contributed by atoms with van der Waals surface area (Å²) in [6.07, 6.45) is 2.51. The Hall–Kier alpha value is -2.07. The number of amides is 1. The van der Waals surface area contributed by atoms with Gasteiger partial charge in [0.15, 0.2) is 0 Å². The summed E-state index contributed by atoms with van der Waals surface area (Å²) >= 11 is 6.08. The highest BCUT2D eigenvalue weighted by Gasteiger charge is 2.09. The molecule has 0 saturated heterocycles. The normalized spacial score (nSPS) is 11.8. The van der Waals surface area contributed by atoms with E-state index in [0.29, 0.717) is 10.7 Å². The summed E-state index contributed by atoms with van der Waals surface area (Å²) in [6, 6.07) is 11.1. The van der Waals surface area contributed by atoms with Gasteiger partial charge in [-0.15, -0.1) is 0 Å². The van der Waals surface area contributed by atoms with Gasteiger partial charge >= 0.3 is 0 Å². The Morgan fingerprint density at radius 1 is 1.29 bits per heavy atom. The third-order valence-electron chi connectivity index (χ3n) is 3.14. The summed E-state index contributed by atoms with van der Waals surface area (Å²) in [5.41, 5.74) is 1.99. The Morgan fingerprint density at radius 2 is 2.05 bits per heavy atom. The van der Waals surface area contributed by atoms with E-state index in [4.69, 9.17) is 11.6 Å². The molecule has 0 radical (unpaired) electrons. The van der Waals surface area contributed by atoms with Crippen molar-refractivity contribution in [1.82, 2.24) is 10.3 Å². The van der Waals surface area contributed by atoms with Crippen LogP contribution in [0.2, 0.25) is 5.02 Å². The number of pyridine rings is 1. The number of halogens is 1. The first kappa shape index (κ1) is 15.3. The summed E-state index contributed by atoms with van der Waals surface area (Å²) < 4.78 is 0. The van der Waals surface area contributed by atoms with Gasteiger partial charge < -0.3 is 10.6 Å². The van der Waals surface area contributed by atoms with Crippen LogP contribution in [-0.4, -0.2) is 16.9 Å². The third-order valence-corrected chi connectivity index (χ3v) is 3.47. The maximum Gasteiger partial charge on any atom is 0.270 e. The zero-order valence-corrected chi connectivity index (χ0v) is 12.8. The van der Waals surface area contributed by atoms with Gasteiger partial charge in [-0.2, -0.15) is 0 Å². The largest absolute Gasteiger partial charge is 0.353 e. The number of anilines is 2. The van der Waals surface area contributed by atoms with E-state index >= 15 is 0 Å². The molecule has 21 heavy (non-hydrogen) atoms. The summed E-state index contributed by atoms with van der Waals surface area (Å²) in [5.74, 6) is -0.159. The lowest BCUT2D eigenvalue weighted by Crippen LogP contribution is -2.32. The molecule has 2 rings (SSSR count). The molecular formula is C16H18ClN3O. The van der Waals surface area contributed by atoms with Crippen LogP contribution in [0.3, 0.4) is 0 Å². The van der Waals surface area contributed by atoms with E-state index in [1.807, 2.05) is 44.2 Å². The number of nitrogens with one attached hydrogen (secondary N) is 2. The van der Waals surface area contributed by atoms with Gasteiger partial charge in [0.05, 0.1) is 22.6 Å². The highest BCUT2D eigenvalue weighted by Crippen LogP contribution is 2.24. The molecule has 1 heterocycles. The lowest BCUT2D eigenvalue weighted by molar-refractivity contribution is 0.0934. The van der Waals surface area contributed by atoms with Crippen LogP contribution in [0.15, 0.2) is 42.6 Å². The van der Waals surface area contributed by atoms with Gasteiger partial charge in [-0.1, -0.05) is 30.7 Å². The Balaban J connectivity index is 2.05. The van der Waals surface area contributed by atoms with Crippen molar-refractivity contribution >= 4 is 28.9 Å². The summed E-state index contributed by atoms with van der Waals surface area (Å²) in [4.78, 5) is 16.1. The second kappa shape index (κ2) is 7.09. The van der Waals surface area contributed by atoms with Crippen LogP contribution in [0.4, 0.5) is 11.4 Å². The van der Waals surface area contributed by atoms with E-state index < -0.39 is 0 Å². The molecule has 1 unspecified atom stereocenters. The number of hydrogen-bond donors (Lipinski definition) is 2. The summed E-state index contributed by atoms with van der Waals surface area (Å²) in [6.45, 7) is 3.99. The number of aromatic nitrogens is 1. The first-order valence-electron chi connectivity index (χ1n) is 6.88. The van der Waals surface area contributed by atoms with E-state index in [1.54, 1.807) is 12.3 Å². The van der Waals surface area contributed by atoms with Crippen LogP contribution < -0.4 is 10.6 Å². The fraction of sp³-hybridized carbons (Fsp3) is 0.250. The minimum atomic E-state index is -0.159. The summed E-state index contributed by atoms with van der Waals surface area (Å²) in [7, 11) is 0. The van der Waals surface area contributed by atoms with Crippen molar-refractivity contribution in [1.29, 1.82) is 0 Å². The van der Waals surface area contributed by atoms with Crippen molar-refractivity contribution in [2.75, 3.05) is 5.32 Å². The fourth-order valence-corrected chi connectivity index (χ4v) is 1.90. The minimum absolute atomic E-state index is 0.139. The van der Waals surface area contributed by atoms with Crippen molar-refractivity contribution in [3.05, 3.63) is 53.3 Å².